The molecule has 1 aromatic heterocycles. The van der Waals surface area contributed by atoms with E-state index in [0.717, 1.165) is 11.3 Å². The van der Waals surface area contributed by atoms with Crippen molar-refractivity contribution in [2.75, 3.05) is 6.54 Å². The van der Waals surface area contributed by atoms with Crippen molar-refractivity contribution < 1.29 is 17.6 Å². The predicted octanol–water partition coefficient (Wildman–Crippen LogP) is 3.69. The van der Waals surface area contributed by atoms with Crippen molar-refractivity contribution >= 4 is 11.3 Å². The zero-order valence-electron chi connectivity index (χ0n) is 8.72. The Balaban J connectivity index is 2.87. The molecule has 1 aromatic rings. The Morgan fingerprint density at radius 2 is 2.12 bits per heavy atom. The highest BCUT2D eigenvalue weighted by molar-refractivity contribution is 7.10. The molecule has 0 aliphatic carbocycles. The van der Waals surface area contributed by atoms with E-state index in [9.17, 15) is 17.6 Å². The van der Waals surface area contributed by atoms with Crippen molar-refractivity contribution in [1.82, 2.24) is 5.32 Å². The Bertz CT molecular complexity index is 300. The molecule has 0 amide bonds. The lowest BCUT2D eigenvalue weighted by Crippen LogP contribution is -2.42. The van der Waals surface area contributed by atoms with Gasteiger partial charge >= 0.3 is 12.3 Å². The summed E-state index contributed by atoms with van der Waals surface area (Å²) in [7, 11) is 0. The normalized spacial score (nSPS) is 14.4. The SMILES string of the molecule is CCCNC(c1cccs1)C(F)(F)C(F)F. The zero-order chi connectivity index (χ0) is 12.2. The average Bonchev–Trinajstić information content (AvgIpc) is 2.71. The van der Waals surface area contributed by atoms with Crippen LogP contribution in [0.15, 0.2) is 17.5 Å². The third-order valence-corrected chi connectivity index (χ3v) is 3.04. The number of hydrogen-bond acceptors (Lipinski definition) is 2. The summed E-state index contributed by atoms with van der Waals surface area (Å²) in [6, 6.07) is 1.41. The van der Waals surface area contributed by atoms with Gasteiger partial charge in [-0.15, -0.1) is 11.3 Å². The smallest absolute Gasteiger partial charge is 0.304 e. The van der Waals surface area contributed by atoms with E-state index < -0.39 is 18.4 Å². The van der Waals surface area contributed by atoms with Crippen LogP contribution in [-0.4, -0.2) is 18.9 Å². The second-order valence-corrected chi connectivity index (χ2v) is 4.36. The lowest BCUT2D eigenvalue weighted by atomic mass is 10.1. The highest BCUT2D eigenvalue weighted by Gasteiger charge is 2.49. The molecule has 0 aliphatic rings. The van der Waals surface area contributed by atoms with Crippen LogP contribution in [0.2, 0.25) is 0 Å². The van der Waals surface area contributed by atoms with Gasteiger partial charge in [0.1, 0.15) is 6.04 Å². The van der Waals surface area contributed by atoms with E-state index in [1.807, 2.05) is 0 Å². The van der Waals surface area contributed by atoms with Gasteiger partial charge in [0, 0.05) is 4.88 Å². The fourth-order valence-corrected chi connectivity index (χ4v) is 2.14. The molecule has 92 valence electrons. The Labute approximate surface area is 95.5 Å². The third kappa shape index (κ3) is 2.95. The van der Waals surface area contributed by atoms with Gasteiger partial charge in [-0.25, -0.2) is 8.78 Å². The highest BCUT2D eigenvalue weighted by Crippen LogP contribution is 2.38. The molecule has 0 aromatic carbocycles. The maximum Gasteiger partial charge on any atom is 0.327 e. The van der Waals surface area contributed by atoms with E-state index in [4.69, 9.17) is 0 Å². The van der Waals surface area contributed by atoms with Crippen LogP contribution < -0.4 is 5.32 Å². The molecule has 0 saturated carbocycles. The molecule has 1 heterocycles. The van der Waals surface area contributed by atoms with Gasteiger partial charge in [0.2, 0.25) is 0 Å². The van der Waals surface area contributed by atoms with Crippen LogP contribution in [0.3, 0.4) is 0 Å². The molecule has 1 nitrogen and oxygen atoms in total. The summed E-state index contributed by atoms with van der Waals surface area (Å²) in [5, 5.41) is 4.07. The van der Waals surface area contributed by atoms with Crippen molar-refractivity contribution in [3.05, 3.63) is 22.4 Å². The summed E-state index contributed by atoms with van der Waals surface area (Å²) >= 11 is 1.05. The van der Waals surface area contributed by atoms with Crippen LogP contribution in [0.4, 0.5) is 17.6 Å². The van der Waals surface area contributed by atoms with E-state index in [0.29, 0.717) is 6.42 Å². The molecule has 0 saturated heterocycles. The third-order valence-electron chi connectivity index (χ3n) is 2.10. The van der Waals surface area contributed by atoms with Crippen LogP contribution in [-0.2, 0) is 0 Å². The minimum absolute atomic E-state index is 0.235. The molecule has 16 heavy (non-hydrogen) atoms. The number of halogens is 4. The van der Waals surface area contributed by atoms with Crippen LogP contribution in [0.5, 0.6) is 0 Å². The first-order chi connectivity index (χ1) is 7.50. The second-order valence-electron chi connectivity index (χ2n) is 3.38. The molecule has 0 bridgehead atoms. The molecule has 1 rings (SSSR count). The molecular formula is C10H13F4NS. The molecule has 1 unspecified atom stereocenters. The van der Waals surface area contributed by atoms with Crippen molar-refractivity contribution in [2.24, 2.45) is 0 Å². The number of hydrogen-bond donors (Lipinski definition) is 1. The predicted molar refractivity (Wildman–Crippen MR) is 56.3 cm³/mol. The topological polar surface area (TPSA) is 12.0 Å². The van der Waals surface area contributed by atoms with Crippen LogP contribution in [0.25, 0.3) is 0 Å². The van der Waals surface area contributed by atoms with E-state index in [1.165, 1.54) is 6.07 Å². The lowest BCUT2D eigenvalue weighted by Gasteiger charge is -2.26. The molecule has 0 spiro atoms. The number of rotatable bonds is 6. The largest absolute Gasteiger partial charge is 0.327 e. The second kappa shape index (κ2) is 5.63. The summed E-state index contributed by atoms with van der Waals surface area (Å²) in [6.07, 6.45) is -3.05. The van der Waals surface area contributed by atoms with Gasteiger partial charge in [0.25, 0.3) is 0 Å². The van der Waals surface area contributed by atoms with Gasteiger partial charge in [0.05, 0.1) is 0 Å². The Hall–Kier alpha value is -0.620. The summed E-state index contributed by atoms with van der Waals surface area (Å²) in [6.45, 7) is 2.07. The van der Waals surface area contributed by atoms with Crippen LogP contribution >= 0.6 is 11.3 Å². The van der Waals surface area contributed by atoms with Crippen molar-refractivity contribution in [3.63, 3.8) is 0 Å². The number of alkyl halides is 4. The van der Waals surface area contributed by atoms with Gasteiger partial charge in [-0.05, 0) is 24.4 Å². The summed E-state index contributed by atoms with van der Waals surface area (Å²) in [4.78, 5) is 0.235. The van der Waals surface area contributed by atoms with Crippen molar-refractivity contribution in [1.29, 1.82) is 0 Å². The molecule has 0 radical (unpaired) electrons. The standard InChI is InChI=1S/C10H13F4NS/c1-2-5-15-8(7-4-3-6-16-7)10(13,14)9(11)12/h3-4,6,8-9,15H,2,5H2,1H3. The van der Waals surface area contributed by atoms with Gasteiger partial charge in [0.15, 0.2) is 0 Å². The van der Waals surface area contributed by atoms with Crippen molar-refractivity contribution in [3.8, 4) is 0 Å². The summed E-state index contributed by atoms with van der Waals surface area (Å²) in [5.41, 5.74) is 0. The first kappa shape index (κ1) is 13.4. The monoisotopic (exact) mass is 255 g/mol. The van der Waals surface area contributed by atoms with E-state index in [1.54, 1.807) is 18.4 Å². The zero-order valence-corrected chi connectivity index (χ0v) is 9.54. The van der Waals surface area contributed by atoms with Crippen LogP contribution in [0, 0.1) is 0 Å². The first-order valence-corrected chi connectivity index (χ1v) is 5.80. The summed E-state index contributed by atoms with van der Waals surface area (Å²) in [5.74, 6) is -4.04. The molecule has 1 N–H and O–H groups in total. The summed E-state index contributed by atoms with van der Waals surface area (Å²) < 4.78 is 51.2. The number of nitrogens with one attached hydrogen (secondary N) is 1. The maximum atomic E-state index is 13.3. The number of thiophene rings is 1. The minimum Gasteiger partial charge on any atom is -0.304 e. The highest BCUT2D eigenvalue weighted by atomic mass is 32.1. The Morgan fingerprint density at radius 3 is 2.56 bits per heavy atom. The maximum absolute atomic E-state index is 13.3. The van der Waals surface area contributed by atoms with E-state index in [-0.39, 0.29) is 11.4 Å². The molecule has 6 heteroatoms. The van der Waals surface area contributed by atoms with Crippen LogP contribution in [0.1, 0.15) is 24.3 Å². The molecule has 1 atom stereocenters. The first-order valence-electron chi connectivity index (χ1n) is 4.92. The minimum atomic E-state index is -4.04. The van der Waals surface area contributed by atoms with Gasteiger partial charge in [-0.2, -0.15) is 8.78 Å². The van der Waals surface area contributed by atoms with Gasteiger partial charge in [-0.3, -0.25) is 0 Å². The lowest BCUT2D eigenvalue weighted by molar-refractivity contribution is -0.150. The molecular weight excluding hydrogens is 242 g/mol. The van der Waals surface area contributed by atoms with Gasteiger partial charge in [-0.1, -0.05) is 13.0 Å². The quantitative estimate of drug-likeness (QED) is 0.764. The Kier molecular flexibility index (Phi) is 4.73. The molecule has 0 aliphatic heterocycles. The van der Waals surface area contributed by atoms with Crippen molar-refractivity contribution in [2.45, 2.75) is 31.7 Å². The van der Waals surface area contributed by atoms with Gasteiger partial charge < -0.3 is 5.32 Å². The average molecular weight is 255 g/mol. The van der Waals surface area contributed by atoms with E-state index in [2.05, 4.69) is 5.32 Å². The fourth-order valence-electron chi connectivity index (χ4n) is 1.30. The molecule has 0 fully saturated rings. The Morgan fingerprint density at radius 1 is 1.44 bits per heavy atom. The van der Waals surface area contributed by atoms with E-state index >= 15 is 0 Å². The fraction of sp³-hybridized carbons (Fsp3) is 0.600.